The normalized spacial score (nSPS) is 15.6. The number of hydrogen-bond donors (Lipinski definition) is 1. The minimum absolute atomic E-state index is 0.338. The molecule has 1 aliphatic carbocycles. The molecule has 0 aliphatic heterocycles. The standard InChI is InChI=1S/C19H23NO3S/c1-14(18-9-5-6-10-19(18)23-2)20-24(21,22)17-12-11-15-7-3-4-8-16(15)13-17/h5-6,9-14,20H,3-4,7-8H2,1-2H3. The lowest BCUT2D eigenvalue weighted by atomic mass is 9.92. The van der Waals surface area contributed by atoms with Gasteiger partial charge in [-0.05, 0) is 61.9 Å². The Balaban J connectivity index is 1.86. The molecule has 1 aliphatic rings. The molecule has 5 heteroatoms. The molecule has 4 nitrogen and oxygen atoms in total. The Kier molecular flexibility index (Phi) is 4.92. The first-order chi connectivity index (χ1) is 11.5. The van der Waals surface area contributed by atoms with Crippen LogP contribution in [0, 0.1) is 0 Å². The second-order valence-corrected chi connectivity index (χ2v) is 7.94. The van der Waals surface area contributed by atoms with Crippen molar-refractivity contribution in [3.63, 3.8) is 0 Å². The van der Waals surface area contributed by atoms with Crippen LogP contribution >= 0.6 is 0 Å². The molecule has 1 atom stereocenters. The van der Waals surface area contributed by atoms with E-state index in [1.165, 1.54) is 12.0 Å². The van der Waals surface area contributed by atoms with Crippen LogP contribution in [-0.2, 0) is 22.9 Å². The summed E-state index contributed by atoms with van der Waals surface area (Å²) in [5.74, 6) is 0.679. The van der Waals surface area contributed by atoms with E-state index >= 15 is 0 Å². The molecule has 1 unspecified atom stereocenters. The zero-order valence-corrected chi connectivity index (χ0v) is 14.9. The minimum Gasteiger partial charge on any atom is -0.496 e. The van der Waals surface area contributed by atoms with Gasteiger partial charge in [-0.3, -0.25) is 0 Å². The van der Waals surface area contributed by atoms with Gasteiger partial charge >= 0.3 is 0 Å². The Labute approximate surface area is 143 Å². The van der Waals surface area contributed by atoms with E-state index < -0.39 is 10.0 Å². The van der Waals surface area contributed by atoms with Crippen molar-refractivity contribution in [2.45, 2.75) is 43.5 Å². The van der Waals surface area contributed by atoms with Gasteiger partial charge < -0.3 is 4.74 Å². The Bertz CT molecular complexity index is 830. The van der Waals surface area contributed by atoms with Gasteiger partial charge in [0.25, 0.3) is 0 Å². The number of sulfonamides is 1. The molecule has 0 heterocycles. The third-order valence-electron chi connectivity index (χ3n) is 4.57. The van der Waals surface area contributed by atoms with Gasteiger partial charge in [-0.15, -0.1) is 0 Å². The molecule has 0 amide bonds. The Hall–Kier alpha value is -1.85. The first-order valence-corrected chi connectivity index (χ1v) is 9.76. The molecule has 0 bridgehead atoms. The Morgan fingerprint density at radius 1 is 1.04 bits per heavy atom. The number of nitrogens with one attached hydrogen (secondary N) is 1. The lowest BCUT2D eigenvalue weighted by molar-refractivity contribution is 0.405. The van der Waals surface area contributed by atoms with E-state index in [0.717, 1.165) is 30.4 Å². The summed E-state index contributed by atoms with van der Waals surface area (Å²) < 4.78 is 33.6. The first-order valence-electron chi connectivity index (χ1n) is 8.28. The molecular formula is C19H23NO3S. The lowest BCUT2D eigenvalue weighted by Gasteiger charge is -2.19. The highest BCUT2D eigenvalue weighted by Gasteiger charge is 2.22. The molecule has 2 aromatic rings. The fourth-order valence-electron chi connectivity index (χ4n) is 3.27. The van der Waals surface area contributed by atoms with E-state index in [1.807, 2.05) is 43.3 Å². The van der Waals surface area contributed by atoms with E-state index in [-0.39, 0.29) is 6.04 Å². The highest BCUT2D eigenvalue weighted by atomic mass is 32.2. The summed E-state index contributed by atoms with van der Waals surface area (Å²) >= 11 is 0. The second-order valence-electron chi connectivity index (χ2n) is 6.22. The average molecular weight is 345 g/mol. The quantitative estimate of drug-likeness (QED) is 0.900. The first kappa shape index (κ1) is 17.0. The van der Waals surface area contributed by atoms with Crippen LogP contribution < -0.4 is 9.46 Å². The maximum atomic E-state index is 12.7. The zero-order chi connectivity index (χ0) is 17.2. The smallest absolute Gasteiger partial charge is 0.241 e. The fourth-order valence-corrected chi connectivity index (χ4v) is 4.54. The summed E-state index contributed by atoms with van der Waals surface area (Å²) in [6.45, 7) is 1.83. The van der Waals surface area contributed by atoms with Crippen LogP contribution in [0.2, 0.25) is 0 Å². The van der Waals surface area contributed by atoms with E-state index in [9.17, 15) is 8.42 Å². The largest absolute Gasteiger partial charge is 0.496 e. The van der Waals surface area contributed by atoms with Gasteiger partial charge in [-0.1, -0.05) is 24.3 Å². The second kappa shape index (κ2) is 6.95. The van der Waals surface area contributed by atoms with Crippen LogP contribution in [0.4, 0.5) is 0 Å². The van der Waals surface area contributed by atoms with Crippen molar-refractivity contribution < 1.29 is 13.2 Å². The summed E-state index contributed by atoms with van der Waals surface area (Å²) in [4.78, 5) is 0.338. The number of methoxy groups -OCH3 is 1. The molecular weight excluding hydrogens is 322 g/mol. The predicted octanol–water partition coefficient (Wildman–Crippen LogP) is 3.61. The summed E-state index contributed by atoms with van der Waals surface area (Å²) in [5.41, 5.74) is 3.26. The van der Waals surface area contributed by atoms with Crippen molar-refractivity contribution in [2.24, 2.45) is 0 Å². The van der Waals surface area contributed by atoms with Crippen molar-refractivity contribution in [3.8, 4) is 5.75 Å². The molecule has 0 fully saturated rings. The summed E-state index contributed by atoms with van der Waals surface area (Å²) in [5, 5.41) is 0. The molecule has 0 saturated carbocycles. The predicted molar refractivity (Wildman–Crippen MR) is 94.8 cm³/mol. The van der Waals surface area contributed by atoms with Crippen LogP contribution in [0.15, 0.2) is 47.4 Å². The summed E-state index contributed by atoms with van der Waals surface area (Å²) in [6, 6.07) is 12.6. The van der Waals surface area contributed by atoms with Gasteiger partial charge in [0.15, 0.2) is 0 Å². The topological polar surface area (TPSA) is 55.4 Å². The van der Waals surface area contributed by atoms with Crippen molar-refractivity contribution in [1.82, 2.24) is 4.72 Å². The minimum atomic E-state index is -3.57. The van der Waals surface area contributed by atoms with Crippen LogP contribution in [0.5, 0.6) is 5.75 Å². The molecule has 0 aromatic heterocycles. The fraction of sp³-hybridized carbons (Fsp3) is 0.368. The molecule has 0 radical (unpaired) electrons. The van der Waals surface area contributed by atoms with Gasteiger partial charge in [0.2, 0.25) is 10.0 Å². The molecule has 1 N–H and O–H groups in total. The van der Waals surface area contributed by atoms with Gasteiger partial charge in [0.1, 0.15) is 5.75 Å². The number of ether oxygens (including phenoxy) is 1. The third-order valence-corrected chi connectivity index (χ3v) is 6.11. The molecule has 3 rings (SSSR count). The van der Waals surface area contributed by atoms with Crippen LogP contribution in [-0.4, -0.2) is 15.5 Å². The summed E-state index contributed by atoms with van der Waals surface area (Å²) in [7, 11) is -1.98. The number of benzene rings is 2. The highest BCUT2D eigenvalue weighted by Crippen LogP contribution is 2.27. The third kappa shape index (κ3) is 3.47. The van der Waals surface area contributed by atoms with Crippen LogP contribution in [0.3, 0.4) is 0 Å². The van der Waals surface area contributed by atoms with Gasteiger partial charge in [0.05, 0.1) is 12.0 Å². The number of fused-ring (bicyclic) bond motifs is 1. The van der Waals surface area contributed by atoms with Gasteiger partial charge in [0, 0.05) is 11.6 Å². The van der Waals surface area contributed by atoms with E-state index in [4.69, 9.17) is 4.74 Å². The molecule has 2 aromatic carbocycles. The molecule has 128 valence electrons. The van der Waals surface area contributed by atoms with Crippen molar-refractivity contribution >= 4 is 10.0 Å². The number of aryl methyl sites for hydroxylation is 2. The Morgan fingerprint density at radius 3 is 2.50 bits per heavy atom. The van der Waals surface area contributed by atoms with Crippen molar-refractivity contribution in [1.29, 1.82) is 0 Å². The van der Waals surface area contributed by atoms with E-state index in [1.54, 1.807) is 13.2 Å². The van der Waals surface area contributed by atoms with E-state index in [2.05, 4.69) is 4.72 Å². The maximum Gasteiger partial charge on any atom is 0.241 e. The number of hydrogen-bond acceptors (Lipinski definition) is 3. The maximum absolute atomic E-state index is 12.7. The lowest BCUT2D eigenvalue weighted by Crippen LogP contribution is -2.27. The zero-order valence-electron chi connectivity index (χ0n) is 14.1. The number of para-hydroxylation sites is 1. The Morgan fingerprint density at radius 2 is 1.75 bits per heavy atom. The van der Waals surface area contributed by atoms with Gasteiger partial charge in [-0.25, -0.2) is 13.1 Å². The monoisotopic (exact) mass is 345 g/mol. The van der Waals surface area contributed by atoms with Crippen LogP contribution in [0.25, 0.3) is 0 Å². The van der Waals surface area contributed by atoms with Gasteiger partial charge in [-0.2, -0.15) is 0 Å². The van der Waals surface area contributed by atoms with Crippen molar-refractivity contribution in [3.05, 3.63) is 59.2 Å². The highest BCUT2D eigenvalue weighted by molar-refractivity contribution is 7.89. The van der Waals surface area contributed by atoms with Crippen LogP contribution in [0.1, 0.15) is 42.5 Å². The number of rotatable bonds is 5. The van der Waals surface area contributed by atoms with Crippen molar-refractivity contribution in [2.75, 3.05) is 7.11 Å². The SMILES string of the molecule is COc1ccccc1C(C)NS(=O)(=O)c1ccc2c(c1)CCCC2. The average Bonchev–Trinajstić information content (AvgIpc) is 2.60. The molecule has 24 heavy (non-hydrogen) atoms. The summed E-state index contributed by atoms with van der Waals surface area (Å²) in [6.07, 6.45) is 4.31. The molecule has 0 spiro atoms. The van der Waals surface area contributed by atoms with E-state index in [0.29, 0.717) is 10.6 Å². The molecule has 0 saturated heterocycles.